The summed E-state index contributed by atoms with van der Waals surface area (Å²) in [6, 6.07) is 6.77. The molecule has 6 nitrogen and oxygen atoms in total. The summed E-state index contributed by atoms with van der Waals surface area (Å²) in [5, 5.41) is 25.7. The molecular weight excluding hydrogens is 234 g/mol. The first-order chi connectivity index (χ1) is 8.66. The Morgan fingerprint density at radius 1 is 1.33 bits per heavy atom. The van der Waals surface area contributed by atoms with Crippen LogP contribution in [0.5, 0.6) is 5.75 Å². The number of hydrogen-bond acceptors (Lipinski definition) is 3. The molecule has 3 aromatic rings. The Bertz CT molecular complexity index is 742. The molecule has 18 heavy (non-hydrogen) atoms. The summed E-state index contributed by atoms with van der Waals surface area (Å²) in [6.45, 7) is 0. The van der Waals surface area contributed by atoms with Gasteiger partial charge in [-0.2, -0.15) is 5.10 Å². The highest BCUT2D eigenvalue weighted by atomic mass is 16.4. The van der Waals surface area contributed by atoms with E-state index in [4.69, 9.17) is 5.11 Å². The molecule has 4 N–H and O–H groups in total. The number of H-pyrrole nitrogens is 2. The molecule has 0 unspecified atom stereocenters. The van der Waals surface area contributed by atoms with Crippen molar-refractivity contribution in [3.8, 4) is 17.1 Å². The number of rotatable bonds is 2. The molecule has 0 saturated carbocycles. The minimum Gasteiger partial charge on any atom is -0.507 e. The van der Waals surface area contributed by atoms with Gasteiger partial charge in [0.2, 0.25) is 0 Å². The van der Waals surface area contributed by atoms with Crippen LogP contribution in [-0.2, 0) is 0 Å². The van der Waals surface area contributed by atoms with Crippen LogP contribution in [0.2, 0.25) is 0 Å². The lowest BCUT2D eigenvalue weighted by Crippen LogP contribution is -1.96. The Hall–Kier alpha value is -2.76. The van der Waals surface area contributed by atoms with Gasteiger partial charge in [0.25, 0.3) is 0 Å². The molecule has 0 aliphatic rings. The van der Waals surface area contributed by atoms with Gasteiger partial charge in [0.15, 0.2) is 0 Å². The SMILES string of the molecule is O=C(O)c1cn[nH]c1-c1cc2c(O)cccc2[nH]1. The number of nitrogens with one attached hydrogen (secondary N) is 2. The molecule has 0 aliphatic heterocycles. The third-order valence-corrected chi connectivity index (χ3v) is 2.78. The number of aromatic carboxylic acids is 1. The van der Waals surface area contributed by atoms with Crippen molar-refractivity contribution in [2.75, 3.05) is 0 Å². The van der Waals surface area contributed by atoms with E-state index in [1.807, 2.05) is 0 Å². The summed E-state index contributed by atoms with van der Waals surface area (Å²) in [5.74, 6) is -0.909. The fourth-order valence-corrected chi connectivity index (χ4v) is 1.93. The number of aromatic nitrogens is 3. The Morgan fingerprint density at radius 3 is 2.89 bits per heavy atom. The van der Waals surface area contributed by atoms with Crippen molar-refractivity contribution in [2.45, 2.75) is 0 Å². The van der Waals surface area contributed by atoms with Crippen molar-refractivity contribution in [3.05, 3.63) is 36.0 Å². The maximum Gasteiger partial charge on any atom is 0.339 e. The van der Waals surface area contributed by atoms with Crippen molar-refractivity contribution in [1.29, 1.82) is 0 Å². The molecule has 1 aromatic carbocycles. The van der Waals surface area contributed by atoms with Gasteiger partial charge in [0, 0.05) is 10.9 Å². The highest BCUT2D eigenvalue weighted by Gasteiger charge is 2.16. The topological polar surface area (TPSA) is 102 Å². The van der Waals surface area contributed by atoms with Crippen LogP contribution in [0.1, 0.15) is 10.4 Å². The van der Waals surface area contributed by atoms with E-state index in [9.17, 15) is 9.90 Å². The average Bonchev–Trinajstić information content (AvgIpc) is 2.95. The highest BCUT2D eigenvalue weighted by Crippen LogP contribution is 2.30. The van der Waals surface area contributed by atoms with Crippen LogP contribution in [0.25, 0.3) is 22.3 Å². The minimum absolute atomic E-state index is 0.0843. The molecule has 2 heterocycles. The number of hydrogen-bond donors (Lipinski definition) is 4. The maximum absolute atomic E-state index is 11.0. The van der Waals surface area contributed by atoms with Crippen LogP contribution in [0.3, 0.4) is 0 Å². The Morgan fingerprint density at radius 2 is 2.17 bits per heavy atom. The van der Waals surface area contributed by atoms with Crippen LogP contribution in [0.4, 0.5) is 0 Å². The normalized spacial score (nSPS) is 10.9. The largest absolute Gasteiger partial charge is 0.507 e. The number of carbonyl (C=O) groups is 1. The van der Waals surface area contributed by atoms with Gasteiger partial charge in [-0.05, 0) is 18.2 Å². The minimum atomic E-state index is -1.05. The van der Waals surface area contributed by atoms with Gasteiger partial charge in [0.05, 0.1) is 17.6 Å². The van der Waals surface area contributed by atoms with E-state index in [0.717, 1.165) is 5.52 Å². The molecule has 3 rings (SSSR count). The number of benzene rings is 1. The van der Waals surface area contributed by atoms with Crippen molar-refractivity contribution in [2.24, 2.45) is 0 Å². The van der Waals surface area contributed by atoms with Gasteiger partial charge >= 0.3 is 5.97 Å². The quantitative estimate of drug-likeness (QED) is 0.552. The lowest BCUT2D eigenvalue weighted by molar-refractivity contribution is 0.0698. The lowest BCUT2D eigenvalue weighted by Gasteiger charge is -1.94. The van der Waals surface area contributed by atoms with Crippen LogP contribution in [0.15, 0.2) is 30.5 Å². The molecule has 0 atom stereocenters. The Balaban J connectivity index is 2.23. The van der Waals surface area contributed by atoms with Crippen LogP contribution < -0.4 is 0 Å². The third kappa shape index (κ3) is 1.43. The van der Waals surface area contributed by atoms with E-state index >= 15 is 0 Å². The number of fused-ring (bicyclic) bond motifs is 1. The van der Waals surface area contributed by atoms with Gasteiger partial charge in [-0.1, -0.05) is 6.07 Å². The van der Waals surface area contributed by atoms with E-state index in [1.54, 1.807) is 24.3 Å². The van der Waals surface area contributed by atoms with Gasteiger partial charge in [-0.15, -0.1) is 0 Å². The predicted octanol–water partition coefficient (Wildman–Crippen LogP) is 1.96. The zero-order valence-electron chi connectivity index (χ0n) is 9.14. The average molecular weight is 243 g/mol. The molecule has 0 aliphatic carbocycles. The molecule has 0 fully saturated rings. The first kappa shape index (κ1) is 10.4. The molecule has 0 spiro atoms. The fourth-order valence-electron chi connectivity index (χ4n) is 1.93. The molecule has 0 radical (unpaired) electrons. The van der Waals surface area contributed by atoms with Crippen LogP contribution >= 0.6 is 0 Å². The lowest BCUT2D eigenvalue weighted by atomic mass is 10.2. The standard InChI is InChI=1S/C12H9N3O3/c16-10-3-1-2-8-6(10)4-9(14-8)11-7(12(17)18)5-13-15-11/h1-5,14,16H,(H,13,15)(H,17,18). The smallest absolute Gasteiger partial charge is 0.339 e. The van der Waals surface area contributed by atoms with Crippen molar-refractivity contribution in [1.82, 2.24) is 15.2 Å². The number of aromatic hydroxyl groups is 1. The van der Waals surface area contributed by atoms with E-state index in [1.165, 1.54) is 6.20 Å². The number of phenolic OH excluding ortho intramolecular Hbond substituents is 1. The second-order valence-electron chi connectivity index (χ2n) is 3.89. The first-order valence-electron chi connectivity index (χ1n) is 5.24. The number of carboxylic acid groups (broad SMARTS) is 1. The zero-order valence-corrected chi connectivity index (χ0v) is 9.14. The summed E-state index contributed by atoms with van der Waals surface area (Å²) in [6.07, 6.45) is 1.25. The summed E-state index contributed by atoms with van der Waals surface area (Å²) in [4.78, 5) is 14.1. The second kappa shape index (κ2) is 3.63. The summed E-state index contributed by atoms with van der Waals surface area (Å²) >= 11 is 0. The molecule has 2 aromatic heterocycles. The molecule has 0 saturated heterocycles. The van der Waals surface area contributed by atoms with Crippen LogP contribution in [-0.4, -0.2) is 31.4 Å². The Labute approximate surface area is 101 Å². The maximum atomic E-state index is 11.0. The first-order valence-corrected chi connectivity index (χ1v) is 5.24. The molecule has 90 valence electrons. The molecule has 0 bridgehead atoms. The van der Waals surface area contributed by atoms with E-state index in [2.05, 4.69) is 15.2 Å². The highest BCUT2D eigenvalue weighted by molar-refractivity contribution is 5.97. The van der Waals surface area contributed by atoms with Crippen molar-refractivity contribution in [3.63, 3.8) is 0 Å². The third-order valence-electron chi connectivity index (χ3n) is 2.78. The van der Waals surface area contributed by atoms with Gasteiger partial charge in [-0.25, -0.2) is 4.79 Å². The monoisotopic (exact) mass is 243 g/mol. The van der Waals surface area contributed by atoms with Crippen molar-refractivity contribution >= 4 is 16.9 Å². The predicted molar refractivity (Wildman–Crippen MR) is 64.5 cm³/mol. The molecular formula is C12H9N3O3. The number of phenols is 1. The van der Waals surface area contributed by atoms with Crippen LogP contribution in [0, 0.1) is 0 Å². The van der Waals surface area contributed by atoms with Gasteiger partial charge < -0.3 is 15.2 Å². The summed E-state index contributed by atoms with van der Waals surface area (Å²) in [7, 11) is 0. The Kier molecular flexibility index (Phi) is 2.09. The number of aromatic amines is 2. The number of nitrogens with zero attached hydrogens (tertiary/aromatic N) is 1. The van der Waals surface area contributed by atoms with Gasteiger partial charge in [-0.3, -0.25) is 5.10 Å². The van der Waals surface area contributed by atoms with E-state index in [-0.39, 0.29) is 11.3 Å². The molecule has 0 amide bonds. The van der Waals surface area contributed by atoms with Gasteiger partial charge in [0.1, 0.15) is 11.3 Å². The number of carboxylic acids is 1. The zero-order chi connectivity index (χ0) is 12.7. The fraction of sp³-hybridized carbons (Fsp3) is 0. The summed E-state index contributed by atoms with van der Waals surface area (Å²) in [5.41, 5.74) is 1.77. The summed E-state index contributed by atoms with van der Waals surface area (Å²) < 4.78 is 0. The second-order valence-corrected chi connectivity index (χ2v) is 3.89. The van der Waals surface area contributed by atoms with Crippen molar-refractivity contribution < 1.29 is 15.0 Å². The van der Waals surface area contributed by atoms with E-state index < -0.39 is 5.97 Å². The molecule has 6 heteroatoms. The van der Waals surface area contributed by atoms with E-state index in [0.29, 0.717) is 16.8 Å².